The van der Waals surface area contributed by atoms with E-state index in [1.807, 2.05) is 0 Å². The normalized spacial score (nSPS) is 30.2. The fraction of sp³-hybridized carbons (Fsp3) is 0.750. The zero-order valence-electron chi connectivity index (χ0n) is 9.63. The van der Waals surface area contributed by atoms with Crippen molar-refractivity contribution in [3.05, 3.63) is 11.8 Å². The number of carbonyl (C=O) groups is 1. The van der Waals surface area contributed by atoms with E-state index in [2.05, 4.69) is 10.2 Å². The van der Waals surface area contributed by atoms with E-state index in [0.29, 0.717) is 24.7 Å². The summed E-state index contributed by atoms with van der Waals surface area (Å²) in [7, 11) is 0. The van der Waals surface area contributed by atoms with Gasteiger partial charge in [0.2, 0.25) is 11.8 Å². The summed E-state index contributed by atoms with van der Waals surface area (Å²) in [5.74, 6) is 2.66. The molecule has 0 saturated heterocycles. The van der Waals surface area contributed by atoms with Crippen molar-refractivity contribution in [2.24, 2.45) is 11.8 Å². The van der Waals surface area contributed by atoms with E-state index in [-0.39, 0.29) is 6.42 Å². The van der Waals surface area contributed by atoms with Gasteiger partial charge in [-0.3, -0.25) is 4.79 Å². The molecule has 2 saturated carbocycles. The van der Waals surface area contributed by atoms with Crippen LogP contribution in [-0.4, -0.2) is 21.3 Å². The maximum Gasteiger partial charge on any atom is 0.303 e. The Morgan fingerprint density at radius 1 is 1.35 bits per heavy atom. The van der Waals surface area contributed by atoms with E-state index < -0.39 is 5.97 Å². The molecule has 0 aromatic carbocycles. The van der Waals surface area contributed by atoms with Crippen molar-refractivity contribution in [3.63, 3.8) is 0 Å². The van der Waals surface area contributed by atoms with Crippen molar-refractivity contribution in [1.82, 2.24) is 10.2 Å². The zero-order valence-corrected chi connectivity index (χ0v) is 9.63. The van der Waals surface area contributed by atoms with Crippen LogP contribution in [-0.2, 0) is 11.2 Å². The molecule has 1 aromatic rings. The van der Waals surface area contributed by atoms with E-state index in [4.69, 9.17) is 9.52 Å². The monoisotopic (exact) mass is 236 g/mol. The van der Waals surface area contributed by atoms with E-state index in [1.165, 1.54) is 19.3 Å². The van der Waals surface area contributed by atoms with Crippen LogP contribution in [0.15, 0.2) is 4.42 Å². The minimum atomic E-state index is -0.776. The number of hydrogen-bond donors (Lipinski definition) is 1. The summed E-state index contributed by atoms with van der Waals surface area (Å²) in [5, 5.41) is 16.6. The van der Waals surface area contributed by atoms with Gasteiger partial charge in [0.1, 0.15) is 0 Å². The van der Waals surface area contributed by atoms with Gasteiger partial charge in [-0.05, 0) is 31.1 Å². The molecule has 2 aliphatic carbocycles. The molecule has 0 bridgehead atoms. The number of carboxylic acids is 1. The second kappa shape index (κ2) is 4.13. The number of aliphatic carboxylic acids is 1. The fourth-order valence-electron chi connectivity index (χ4n) is 3.08. The van der Waals surface area contributed by atoms with Gasteiger partial charge in [-0.2, -0.15) is 0 Å². The first-order valence-corrected chi connectivity index (χ1v) is 6.30. The second-order valence-electron chi connectivity index (χ2n) is 5.07. The lowest BCUT2D eigenvalue weighted by atomic mass is 10.1. The average Bonchev–Trinajstić information content (AvgIpc) is 2.73. The third-order valence-electron chi connectivity index (χ3n) is 3.96. The summed E-state index contributed by atoms with van der Waals surface area (Å²) in [4.78, 5) is 10.4. The van der Waals surface area contributed by atoms with Gasteiger partial charge in [0.25, 0.3) is 0 Å². The topological polar surface area (TPSA) is 76.2 Å². The number of rotatable bonds is 5. The number of hydrogen-bond acceptors (Lipinski definition) is 4. The number of aromatic nitrogens is 2. The highest BCUT2D eigenvalue weighted by atomic mass is 16.4. The molecule has 17 heavy (non-hydrogen) atoms. The van der Waals surface area contributed by atoms with Crippen LogP contribution in [0.1, 0.15) is 49.8 Å². The van der Waals surface area contributed by atoms with E-state index >= 15 is 0 Å². The van der Waals surface area contributed by atoms with Gasteiger partial charge in [-0.15, -0.1) is 10.2 Å². The Morgan fingerprint density at radius 3 is 2.82 bits per heavy atom. The lowest BCUT2D eigenvalue weighted by Crippen LogP contribution is -1.95. The van der Waals surface area contributed by atoms with Crippen LogP contribution in [0.2, 0.25) is 0 Å². The van der Waals surface area contributed by atoms with Crippen LogP contribution in [0, 0.1) is 11.8 Å². The highest BCUT2D eigenvalue weighted by molar-refractivity contribution is 5.66. The average molecular weight is 236 g/mol. The van der Waals surface area contributed by atoms with Gasteiger partial charge < -0.3 is 9.52 Å². The summed E-state index contributed by atoms with van der Waals surface area (Å²) in [5.41, 5.74) is 0. The van der Waals surface area contributed by atoms with Crippen molar-refractivity contribution < 1.29 is 14.3 Å². The highest BCUT2D eigenvalue weighted by Crippen LogP contribution is 2.62. The number of aryl methyl sites for hydroxylation is 1. The second-order valence-corrected chi connectivity index (χ2v) is 5.07. The van der Waals surface area contributed by atoms with Crippen molar-refractivity contribution in [2.75, 3.05) is 0 Å². The largest absolute Gasteiger partial charge is 0.481 e. The molecule has 3 rings (SSSR count). The maximum absolute atomic E-state index is 10.4. The molecule has 2 atom stereocenters. The molecule has 0 spiro atoms. The smallest absolute Gasteiger partial charge is 0.303 e. The SMILES string of the molecule is O=C(O)CCCc1nnc(C2C3CCCC32)o1. The van der Waals surface area contributed by atoms with Crippen LogP contribution >= 0.6 is 0 Å². The predicted octanol–water partition coefficient (Wildman–Crippen LogP) is 1.99. The summed E-state index contributed by atoms with van der Waals surface area (Å²) in [6.45, 7) is 0. The van der Waals surface area contributed by atoms with Gasteiger partial charge in [0.05, 0.1) is 0 Å². The Labute approximate surface area is 99.2 Å². The molecule has 2 fully saturated rings. The first-order chi connectivity index (χ1) is 8.25. The van der Waals surface area contributed by atoms with Gasteiger partial charge in [-0.25, -0.2) is 0 Å². The van der Waals surface area contributed by atoms with Gasteiger partial charge in [0.15, 0.2) is 0 Å². The minimum Gasteiger partial charge on any atom is -0.481 e. The third-order valence-corrected chi connectivity index (χ3v) is 3.96. The quantitative estimate of drug-likeness (QED) is 0.846. The van der Waals surface area contributed by atoms with Gasteiger partial charge >= 0.3 is 5.97 Å². The van der Waals surface area contributed by atoms with Crippen LogP contribution < -0.4 is 0 Å². The Morgan fingerprint density at radius 2 is 2.12 bits per heavy atom. The molecule has 0 aliphatic heterocycles. The summed E-state index contributed by atoms with van der Waals surface area (Å²) in [6.07, 6.45) is 5.23. The first-order valence-electron chi connectivity index (χ1n) is 6.30. The van der Waals surface area contributed by atoms with Crippen molar-refractivity contribution in [1.29, 1.82) is 0 Å². The zero-order chi connectivity index (χ0) is 11.8. The molecule has 92 valence electrons. The van der Waals surface area contributed by atoms with Crippen LogP contribution in [0.4, 0.5) is 0 Å². The molecule has 0 amide bonds. The molecule has 5 nitrogen and oxygen atoms in total. The molecule has 0 radical (unpaired) electrons. The Balaban J connectivity index is 1.54. The molecule has 2 unspecified atom stereocenters. The molecular formula is C12H16N2O3. The maximum atomic E-state index is 10.4. The third kappa shape index (κ3) is 2.06. The van der Waals surface area contributed by atoms with E-state index in [0.717, 1.165) is 17.7 Å². The van der Waals surface area contributed by atoms with Crippen LogP contribution in [0.3, 0.4) is 0 Å². The molecular weight excluding hydrogens is 220 g/mol. The Kier molecular flexibility index (Phi) is 2.61. The Hall–Kier alpha value is -1.39. The predicted molar refractivity (Wildman–Crippen MR) is 58.4 cm³/mol. The van der Waals surface area contributed by atoms with Crippen LogP contribution in [0.5, 0.6) is 0 Å². The fourth-order valence-corrected chi connectivity index (χ4v) is 3.08. The van der Waals surface area contributed by atoms with Crippen molar-refractivity contribution in [2.45, 2.75) is 44.4 Å². The lowest BCUT2D eigenvalue weighted by molar-refractivity contribution is -0.137. The number of carboxylic acid groups (broad SMARTS) is 1. The first kappa shape index (κ1) is 10.7. The molecule has 5 heteroatoms. The van der Waals surface area contributed by atoms with Crippen LogP contribution in [0.25, 0.3) is 0 Å². The number of nitrogens with zero attached hydrogens (tertiary/aromatic N) is 2. The molecule has 1 N–H and O–H groups in total. The molecule has 2 aliphatic rings. The summed E-state index contributed by atoms with van der Waals surface area (Å²) in [6, 6.07) is 0. The lowest BCUT2D eigenvalue weighted by Gasteiger charge is -1.96. The van der Waals surface area contributed by atoms with Crippen molar-refractivity contribution in [3.8, 4) is 0 Å². The van der Waals surface area contributed by atoms with E-state index in [9.17, 15) is 4.79 Å². The molecule has 1 aromatic heterocycles. The standard InChI is InChI=1S/C12H16N2O3/c15-10(16)6-2-5-9-13-14-12(17-9)11-7-3-1-4-8(7)11/h7-8,11H,1-6H2,(H,15,16). The Bertz CT molecular complexity index is 419. The van der Waals surface area contributed by atoms with Crippen molar-refractivity contribution >= 4 is 5.97 Å². The summed E-state index contributed by atoms with van der Waals surface area (Å²) >= 11 is 0. The summed E-state index contributed by atoms with van der Waals surface area (Å²) < 4.78 is 5.61. The number of fused-ring (bicyclic) bond motifs is 1. The van der Waals surface area contributed by atoms with E-state index in [1.54, 1.807) is 0 Å². The molecule has 1 heterocycles. The minimum absolute atomic E-state index is 0.159. The van der Waals surface area contributed by atoms with Gasteiger partial charge in [0, 0.05) is 18.8 Å². The highest BCUT2D eigenvalue weighted by Gasteiger charge is 2.56. The van der Waals surface area contributed by atoms with Gasteiger partial charge in [-0.1, -0.05) is 6.42 Å².